The minimum atomic E-state index is -0.443. The normalized spacial score (nSPS) is 13.1. The molecule has 1 heterocycles. The minimum Gasteiger partial charge on any atom is -0.493 e. The first kappa shape index (κ1) is 26.4. The van der Waals surface area contributed by atoms with Gasteiger partial charge in [0.15, 0.2) is 34.5 Å². The van der Waals surface area contributed by atoms with Gasteiger partial charge >= 0.3 is 0 Å². The van der Waals surface area contributed by atoms with E-state index in [1.807, 2.05) is 0 Å². The van der Waals surface area contributed by atoms with Gasteiger partial charge in [0, 0.05) is 0 Å². The second-order valence-electron chi connectivity index (χ2n) is 8.28. The Kier molecular flexibility index (Phi) is 7.76. The SMILES string of the molecule is COc1ccc(CN2C(=O)C(c3ccc(OC)c(OC)c3)=C(c3ccc(OC)c(OC)c3)C2=O)cc1OC. The molecule has 3 aromatic carbocycles. The number of carbonyl (C=O) groups excluding carboxylic acids is 2. The predicted molar refractivity (Wildman–Crippen MR) is 141 cm³/mol. The lowest BCUT2D eigenvalue weighted by atomic mass is 9.95. The van der Waals surface area contributed by atoms with Crippen molar-refractivity contribution in [3.8, 4) is 34.5 Å². The Labute approximate surface area is 221 Å². The molecule has 0 aromatic heterocycles. The molecule has 0 fully saturated rings. The standard InChI is InChI=1S/C29H29NO8/c1-33-20-10-7-17(13-23(20)36-4)16-30-28(31)26(18-8-11-21(34-2)24(14-18)37-5)27(29(30)32)19-9-12-22(35-3)25(15-19)38-6/h7-15H,16H2,1-6H3. The summed E-state index contributed by atoms with van der Waals surface area (Å²) >= 11 is 0. The summed E-state index contributed by atoms with van der Waals surface area (Å²) in [4.78, 5) is 29.0. The van der Waals surface area contributed by atoms with Crippen LogP contribution in [-0.4, -0.2) is 59.4 Å². The molecular formula is C29H29NO8. The van der Waals surface area contributed by atoms with Crippen LogP contribution in [0.4, 0.5) is 0 Å². The van der Waals surface area contributed by atoms with Crippen molar-refractivity contribution in [3.05, 3.63) is 71.3 Å². The summed E-state index contributed by atoms with van der Waals surface area (Å²) in [5, 5.41) is 0. The maximum atomic E-state index is 13.9. The van der Waals surface area contributed by atoms with Crippen molar-refractivity contribution in [1.82, 2.24) is 4.90 Å². The third-order valence-electron chi connectivity index (χ3n) is 6.30. The Bertz CT molecular complexity index is 1330. The lowest BCUT2D eigenvalue weighted by Gasteiger charge is -2.17. The monoisotopic (exact) mass is 519 g/mol. The third kappa shape index (κ3) is 4.70. The van der Waals surface area contributed by atoms with Crippen LogP contribution in [0, 0.1) is 0 Å². The zero-order valence-corrected chi connectivity index (χ0v) is 22.1. The number of hydrogen-bond donors (Lipinski definition) is 0. The predicted octanol–water partition coefficient (Wildman–Crippen LogP) is 4.22. The molecule has 198 valence electrons. The Morgan fingerprint density at radius 1 is 0.500 bits per heavy atom. The molecule has 0 atom stereocenters. The van der Waals surface area contributed by atoms with E-state index in [1.165, 1.54) is 40.4 Å². The summed E-state index contributed by atoms with van der Waals surface area (Å²) in [6.07, 6.45) is 0. The van der Waals surface area contributed by atoms with Crippen molar-refractivity contribution in [1.29, 1.82) is 0 Å². The Morgan fingerprint density at radius 3 is 1.26 bits per heavy atom. The Hall–Kier alpha value is -4.66. The van der Waals surface area contributed by atoms with Gasteiger partial charge in [-0.25, -0.2) is 0 Å². The third-order valence-corrected chi connectivity index (χ3v) is 6.30. The largest absolute Gasteiger partial charge is 0.493 e. The van der Waals surface area contributed by atoms with Crippen LogP contribution in [0.25, 0.3) is 11.1 Å². The number of methoxy groups -OCH3 is 6. The average Bonchev–Trinajstić information content (AvgIpc) is 3.20. The van der Waals surface area contributed by atoms with E-state index in [9.17, 15) is 9.59 Å². The van der Waals surface area contributed by atoms with E-state index < -0.39 is 11.8 Å². The Balaban J connectivity index is 1.85. The van der Waals surface area contributed by atoms with Crippen LogP contribution in [0.3, 0.4) is 0 Å². The van der Waals surface area contributed by atoms with Gasteiger partial charge in [0.2, 0.25) is 0 Å². The van der Waals surface area contributed by atoms with Crippen LogP contribution in [0.1, 0.15) is 16.7 Å². The van der Waals surface area contributed by atoms with Crippen molar-refractivity contribution in [3.63, 3.8) is 0 Å². The second-order valence-corrected chi connectivity index (χ2v) is 8.28. The molecular weight excluding hydrogens is 490 g/mol. The number of carbonyl (C=O) groups is 2. The smallest absolute Gasteiger partial charge is 0.262 e. The highest BCUT2D eigenvalue weighted by Gasteiger charge is 2.40. The average molecular weight is 520 g/mol. The van der Waals surface area contributed by atoms with Gasteiger partial charge < -0.3 is 28.4 Å². The van der Waals surface area contributed by atoms with Gasteiger partial charge in [-0.15, -0.1) is 0 Å². The molecule has 0 spiro atoms. The van der Waals surface area contributed by atoms with Crippen LogP contribution in [-0.2, 0) is 16.1 Å². The fourth-order valence-corrected chi connectivity index (χ4v) is 4.40. The first-order valence-electron chi connectivity index (χ1n) is 11.7. The number of imide groups is 1. The molecule has 0 bridgehead atoms. The van der Waals surface area contributed by atoms with Gasteiger partial charge in [-0.3, -0.25) is 14.5 Å². The van der Waals surface area contributed by atoms with E-state index in [1.54, 1.807) is 61.7 Å². The van der Waals surface area contributed by atoms with E-state index in [0.717, 1.165) is 0 Å². The number of benzene rings is 3. The lowest BCUT2D eigenvalue weighted by Crippen LogP contribution is -2.31. The van der Waals surface area contributed by atoms with Gasteiger partial charge in [0.25, 0.3) is 11.8 Å². The van der Waals surface area contributed by atoms with E-state index in [4.69, 9.17) is 28.4 Å². The highest BCUT2D eigenvalue weighted by atomic mass is 16.5. The van der Waals surface area contributed by atoms with Crippen molar-refractivity contribution in [2.24, 2.45) is 0 Å². The molecule has 2 amide bonds. The number of hydrogen-bond acceptors (Lipinski definition) is 8. The first-order chi connectivity index (χ1) is 18.4. The summed E-state index contributed by atoms with van der Waals surface area (Å²) < 4.78 is 32.3. The molecule has 9 nitrogen and oxygen atoms in total. The lowest BCUT2D eigenvalue weighted by molar-refractivity contribution is -0.136. The van der Waals surface area contributed by atoms with Crippen molar-refractivity contribution >= 4 is 23.0 Å². The van der Waals surface area contributed by atoms with Crippen molar-refractivity contribution in [2.75, 3.05) is 42.7 Å². The molecule has 3 aromatic rings. The number of rotatable bonds is 10. The van der Waals surface area contributed by atoms with E-state index >= 15 is 0 Å². The maximum Gasteiger partial charge on any atom is 0.262 e. The zero-order valence-electron chi connectivity index (χ0n) is 22.1. The zero-order chi connectivity index (χ0) is 27.4. The van der Waals surface area contributed by atoms with E-state index in [2.05, 4.69) is 0 Å². The van der Waals surface area contributed by atoms with Crippen molar-refractivity contribution in [2.45, 2.75) is 6.54 Å². The number of ether oxygens (including phenoxy) is 6. The molecule has 1 aliphatic heterocycles. The van der Waals surface area contributed by atoms with Gasteiger partial charge in [0.1, 0.15) is 0 Å². The first-order valence-corrected chi connectivity index (χ1v) is 11.7. The minimum absolute atomic E-state index is 0.0333. The van der Waals surface area contributed by atoms with Gasteiger partial charge in [-0.2, -0.15) is 0 Å². The highest BCUT2D eigenvalue weighted by molar-refractivity contribution is 6.49. The summed E-state index contributed by atoms with van der Waals surface area (Å²) in [5.74, 6) is 2.03. The maximum absolute atomic E-state index is 13.9. The summed E-state index contributed by atoms with van der Waals surface area (Å²) in [5.41, 5.74) is 2.21. The second kappa shape index (κ2) is 11.2. The van der Waals surface area contributed by atoms with Crippen LogP contribution in [0.15, 0.2) is 54.6 Å². The van der Waals surface area contributed by atoms with Crippen LogP contribution >= 0.6 is 0 Å². The molecule has 0 aliphatic carbocycles. The number of amides is 2. The fourth-order valence-electron chi connectivity index (χ4n) is 4.40. The topological polar surface area (TPSA) is 92.8 Å². The quantitative estimate of drug-likeness (QED) is 0.368. The summed E-state index contributed by atoms with van der Waals surface area (Å²) in [7, 11) is 9.15. The molecule has 9 heteroatoms. The molecule has 0 saturated heterocycles. The van der Waals surface area contributed by atoms with Gasteiger partial charge in [0.05, 0.1) is 60.3 Å². The molecule has 0 unspecified atom stereocenters. The molecule has 4 rings (SSSR count). The summed E-state index contributed by atoms with van der Waals surface area (Å²) in [6, 6.07) is 15.5. The van der Waals surface area contributed by atoms with Crippen molar-refractivity contribution < 1.29 is 38.0 Å². The van der Waals surface area contributed by atoms with Crippen LogP contribution in [0.5, 0.6) is 34.5 Å². The van der Waals surface area contributed by atoms with E-state index in [-0.39, 0.29) is 17.7 Å². The van der Waals surface area contributed by atoms with E-state index in [0.29, 0.717) is 51.2 Å². The Morgan fingerprint density at radius 2 is 0.868 bits per heavy atom. The summed E-state index contributed by atoms with van der Waals surface area (Å²) in [6.45, 7) is 0.0333. The van der Waals surface area contributed by atoms with Gasteiger partial charge in [-0.1, -0.05) is 18.2 Å². The molecule has 0 N–H and O–H groups in total. The highest BCUT2D eigenvalue weighted by Crippen LogP contribution is 2.41. The molecule has 0 saturated carbocycles. The van der Waals surface area contributed by atoms with Crippen LogP contribution in [0.2, 0.25) is 0 Å². The molecule has 0 radical (unpaired) electrons. The van der Waals surface area contributed by atoms with Crippen LogP contribution < -0.4 is 28.4 Å². The fraction of sp³-hybridized carbons (Fsp3) is 0.241. The molecule has 1 aliphatic rings. The number of nitrogens with zero attached hydrogens (tertiary/aromatic N) is 1. The van der Waals surface area contributed by atoms with Gasteiger partial charge in [-0.05, 0) is 53.1 Å². The molecule has 38 heavy (non-hydrogen) atoms.